The SMILES string of the molecule is CCN(CC)S(=O)(=O)c1ccc(OC(C)C)c(NS(=O)(=O)c2cccnc2Cl)c1. The summed E-state index contributed by atoms with van der Waals surface area (Å²) in [5.41, 5.74) is -0.00755. The van der Waals surface area contributed by atoms with E-state index in [2.05, 4.69) is 9.71 Å². The van der Waals surface area contributed by atoms with Gasteiger partial charge in [-0.2, -0.15) is 4.31 Å². The Labute approximate surface area is 177 Å². The Balaban J connectivity index is 2.57. The van der Waals surface area contributed by atoms with E-state index in [1.54, 1.807) is 27.7 Å². The summed E-state index contributed by atoms with van der Waals surface area (Å²) in [6.07, 6.45) is 1.11. The summed E-state index contributed by atoms with van der Waals surface area (Å²) >= 11 is 5.92. The average molecular weight is 462 g/mol. The summed E-state index contributed by atoms with van der Waals surface area (Å²) < 4.78 is 60.6. The molecule has 0 amide bonds. The number of benzene rings is 1. The molecule has 8 nitrogen and oxygen atoms in total. The first kappa shape index (κ1) is 23.4. The van der Waals surface area contributed by atoms with E-state index in [0.717, 1.165) is 0 Å². The van der Waals surface area contributed by atoms with Crippen LogP contribution in [0.25, 0.3) is 0 Å². The van der Waals surface area contributed by atoms with Gasteiger partial charge in [-0.3, -0.25) is 4.72 Å². The lowest BCUT2D eigenvalue weighted by atomic mass is 10.3. The molecule has 11 heteroatoms. The van der Waals surface area contributed by atoms with Crippen LogP contribution in [-0.2, 0) is 20.0 Å². The average Bonchev–Trinajstić information content (AvgIpc) is 2.63. The van der Waals surface area contributed by atoms with Crippen LogP contribution in [0.1, 0.15) is 27.7 Å². The maximum atomic E-state index is 12.8. The molecule has 0 aliphatic carbocycles. The van der Waals surface area contributed by atoms with Gasteiger partial charge >= 0.3 is 0 Å². The Morgan fingerprint density at radius 3 is 2.34 bits per heavy atom. The van der Waals surface area contributed by atoms with Crippen molar-refractivity contribution >= 4 is 37.3 Å². The summed E-state index contributed by atoms with van der Waals surface area (Å²) in [6.45, 7) is 7.58. The molecule has 29 heavy (non-hydrogen) atoms. The summed E-state index contributed by atoms with van der Waals surface area (Å²) in [7, 11) is -7.92. The molecular weight excluding hydrogens is 438 g/mol. The summed E-state index contributed by atoms with van der Waals surface area (Å²) in [5.74, 6) is 0.196. The molecular formula is C18H24ClN3O5S2. The smallest absolute Gasteiger partial charge is 0.265 e. The minimum absolute atomic E-state index is 0.00755. The fourth-order valence-corrected chi connectivity index (χ4v) is 5.59. The molecule has 2 aromatic rings. The predicted molar refractivity (Wildman–Crippen MR) is 112 cm³/mol. The number of ether oxygens (including phenoxy) is 1. The lowest BCUT2D eigenvalue weighted by Gasteiger charge is -2.21. The van der Waals surface area contributed by atoms with Gasteiger partial charge in [-0.1, -0.05) is 25.4 Å². The minimum Gasteiger partial charge on any atom is -0.489 e. The van der Waals surface area contributed by atoms with Crippen molar-refractivity contribution in [2.24, 2.45) is 0 Å². The van der Waals surface area contributed by atoms with Gasteiger partial charge in [0, 0.05) is 19.3 Å². The Hall–Kier alpha value is -1.88. The molecule has 1 heterocycles. The summed E-state index contributed by atoms with van der Waals surface area (Å²) in [6, 6.07) is 6.80. The highest BCUT2D eigenvalue weighted by atomic mass is 35.5. The highest BCUT2D eigenvalue weighted by Gasteiger charge is 2.26. The molecule has 0 fully saturated rings. The molecule has 0 saturated heterocycles. The van der Waals surface area contributed by atoms with E-state index in [9.17, 15) is 16.8 Å². The monoisotopic (exact) mass is 461 g/mol. The summed E-state index contributed by atoms with van der Waals surface area (Å²) in [4.78, 5) is 3.50. The third kappa shape index (κ3) is 5.39. The van der Waals surface area contributed by atoms with E-state index in [1.807, 2.05) is 0 Å². The third-order valence-corrected chi connectivity index (χ3v) is 7.77. The molecule has 1 aromatic carbocycles. The number of hydrogen-bond acceptors (Lipinski definition) is 6. The minimum atomic E-state index is -4.13. The van der Waals surface area contributed by atoms with Crippen LogP contribution in [0.3, 0.4) is 0 Å². The number of pyridine rings is 1. The normalized spacial score (nSPS) is 12.4. The predicted octanol–water partition coefficient (Wildman–Crippen LogP) is 3.35. The number of hydrogen-bond donors (Lipinski definition) is 1. The van der Waals surface area contributed by atoms with Gasteiger partial charge in [-0.15, -0.1) is 0 Å². The van der Waals surface area contributed by atoms with E-state index < -0.39 is 20.0 Å². The topological polar surface area (TPSA) is 106 Å². The zero-order chi connectivity index (χ0) is 21.8. The van der Waals surface area contributed by atoms with Gasteiger partial charge in [0.15, 0.2) is 0 Å². The van der Waals surface area contributed by atoms with Crippen LogP contribution >= 0.6 is 11.6 Å². The first-order valence-corrected chi connectivity index (χ1v) is 12.3. The van der Waals surface area contributed by atoms with Crippen molar-refractivity contribution in [1.82, 2.24) is 9.29 Å². The first-order valence-electron chi connectivity index (χ1n) is 8.97. The van der Waals surface area contributed by atoms with Gasteiger partial charge < -0.3 is 4.74 Å². The molecule has 0 aliphatic heterocycles. The third-order valence-electron chi connectivity index (χ3n) is 3.92. The van der Waals surface area contributed by atoms with Crippen LogP contribution < -0.4 is 9.46 Å². The number of sulfonamides is 2. The maximum absolute atomic E-state index is 12.8. The van der Waals surface area contributed by atoms with Gasteiger partial charge in [0.1, 0.15) is 15.8 Å². The molecule has 0 unspecified atom stereocenters. The largest absolute Gasteiger partial charge is 0.489 e. The molecule has 0 saturated carbocycles. The zero-order valence-electron chi connectivity index (χ0n) is 16.6. The molecule has 2 rings (SSSR count). The number of rotatable bonds is 9. The van der Waals surface area contributed by atoms with Gasteiger partial charge in [-0.25, -0.2) is 21.8 Å². The molecule has 0 aliphatic rings. The van der Waals surface area contributed by atoms with Crippen LogP contribution in [0.2, 0.25) is 5.15 Å². The fraction of sp³-hybridized carbons (Fsp3) is 0.389. The number of aromatic nitrogens is 1. The van der Waals surface area contributed by atoms with Gasteiger partial charge in [-0.05, 0) is 44.2 Å². The molecule has 1 aromatic heterocycles. The van der Waals surface area contributed by atoms with Crippen molar-refractivity contribution in [2.45, 2.75) is 43.6 Å². The molecule has 0 bridgehead atoms. The van der Waals surface area contributed by atoms with Crippen LogP contribution in [0.4, 0.5) is 5.69 Å². The number of nitrogens with zero attached hydrogens (tertiary/aromatic N) is 2. The lowest BCUT2D eigenvalue weighted by molar-refractivity contribution is 0.243. The number of halogens is 1. The Morgan fingerprint density at radius 1 is 1.14 bits per heavy atom. The second-order valence-corrected chi connectivity index (χ2v) is 10.3. The van der Waals surface area contributed by atoms with Crippen LogP contribution in [0.15, 0.2) is 46.3 Å². The molecule has 0 radical (unpaired) electrons. The second-order valence-electron chi connectivity index (χ2n) is 6.31. The maximum Gasteiger partial charge on any atom is 0.265 e. The van der Waals surface area contributed by atoms with Crippen LogP contribution in [-0.4, -0.2) is 45.3 Å². The van der Waals surface area contributed by atoms with E-state index in [1.165, 1.54) is 40.8 Å². The zero-order valence-corrected chi connectivity index (χ0v) is 19.0. The van der Waals surface area contributed by atoms with Crippen molar-refractivity contribution in [2.75, 3.05) is 17.8 Å². The van der Waals surface area contributed by atoms with E-state index in [0.29, 0.717) is 0 Å². The second kappa shape index (κ2) is 9.29. The van der Waals surface area contributed by atoms with Crippen LogP contribution in [0, 0.1) is 0 Å². The van der Waals surface area contributed by atoms with Crippen molar-refractivity contribution in [1.29, 1.82) is 0 Å². The van der Waals surface area contributed by atoms with Crippen molar-refractivity contribution in [3.05, 3.63) is 41.7 Å². The van der Waals surface area contributed by atoms with Crippen molar-refractivity contribution in [3.63, 3.8) is 0 Å². The Kier molecular flexibility index (Phi) is 7.50. The molecule has 0 spiro atoms. The van der Waals surface area contributed by atoms with Gasteiger partial charge in [0.25, 0.3) is 10.0 Å². The summed E-state index contributed by atoms with van der Waals surface area (Å²) in [5, 5.41) is -0.196. The van der Waals surface area contributed by atoms with Gasteiger partial charge in [0.05, 0.1) is 16.7 Å². The molecule has 160 valence electrons. The first-order chi connectivity index (χ1) is 13.5. The molecule has 0 atom stereocenters. The van der Waals surface area contributed by atoms with E-state index in [-0.39, 0.29) is 45.6 Å². The van der Waals surface area contributed by atoms with Crippen molar-refractivity contribution < 1.29 is 21.6 Å². The van der Waals surface area contributed by atoms with Crippen LogP contribution in [0.5, 0.6) is 5.75 Å². The highest BCUT2D eigenvalue weighted by molar-refractivity contribution is 7.93. The fourth-order valence-electron chi connectivity index (χ4n) is 2.59. The Bertz CT molecular complexity index is 1070. The lowest BCUT2D eigenvalue weighted by Crippen LogP contribution is -2.30. The number of anilines is 1. The molecule has 1 N–H and O–H groups in total. The van der Waals surface area contributed by atoms with E-state index in [4.69, 9.17) is 16.3 Å². The van der Waals surface area contributed by atoms with Crippen molar-refractivity contribution in [3.8, 4) is 5.75 Å². The Morgan fingerprint density at radius 2 is 1.79 bits per heavy atom. The quantitative estimate of drug-likeness (QED) is 0.574. The standard InChI is InChI=1S/C18H24ClN3O5S2/c1-5-22(6-2)29(25,26)14-9-10-16(27-13(3)4)15(12-14)21-28(23,24)17-8-7-11-20-18(17)19/h7-13,21H,5-6H2,1-4H3. The highest BCUT2D eigenvalue weighted by Crippen LogP contribution is 2.32. The number of nitrogens with one attached hydrogen (secondary N) is 1. The van der Waals surface area contributed by atoms with E-state index >= 15 is 0 Å². The van der Waals surface area contributed by atoms with Gasteiger partial charge in [0.2, 0.25) is 10.0 Å².